The highest BCUT2D eigenvalue weighted by Crippen LogP contribution is 2.32. The van der Waals surface area contributed by atoms with E-state index in [0.29, 0.717) is 22.3 Å². The molecule has 0 fully saturated rings. The van der Waals surface area contributed by atoms with Crippen LogP contribution in [0.3, 0.4) is 0 Å². The lowest BCUT2D eigenvalue weighted by Gasteiger charge is -2.18. The van der Waals surface area contributed by atoms with Gasteiger partial charge in [-0.2, -0.15) is 0 Å². The summed E-state index contributed by atoms with van der Waals surface area (Å²) in [7, 11) is 1.57. The third kappa shape index (κ3) is 5.35. The Balaban J connectivity index is 1.70. The molecular weight excluding hydrogens is 440 g/mol. The van der Waals surface area contributed by atoms with Crippen LogP contribution in [-0.4, -0.2) is 13.1 Å². The Labute approximate surface area is 204 Å². The minimum Gasteiger partial charge on any atom is -0.497 e. The minimum absolute atomic E-state index is 0.0432. The van der Waals surface area contributed by atoms with Crippen molar-refractivity contribution in [3.63, 3.8) is 0 Å². The SMILES string of the molecule is COc1ccc(-c2oc3ccc(C)cc3c(=O)c2OC(=O)C=Cc2ccc(C(C)(C)C)cc2)cc1. The molecule has 0 aliphatic carbocycles. The molecule has 0 saturated heterocycles. The van der Waals surface area contributed by atoms with Crippen LogP contribution < -0.4 is 14.9 Å². The summed E-state index contributed by atoms with van der Waals surface area (Å²) < 4.78 is 16.8. The maximum absolute atomic E-state index is 13.4. The Morgan fingerprint density at radius 3 is 2.26 bits per heavy atom. The number of ether oxygens (including phenoxy) is 2. The second kappa shape index (κ2) is 9.63. The molecule has 0 radical (unpaired) electrons. The van der Waals surface area contributed by atoms with Gasteiger partial charge in [0.05, 0.1) is 12.5 Å². The molecule has 3 aromatic carbocycles. The Bertz CT molecular complexity index is 1450. The van der Waals surface area contributed by atoms with E-state index in [-0.39, 0.29) is 16.9 Å². The number of fused-ring (bicyclic) bond motifs is 1. The number of carbonyl (C=O) groups is 1. The summed E-state index contributed by atoms with van der Waals surface area (Å²) in [5.74, 6) is 0.0294. The van der Waals surface area contributed by atoms with E-state index in [0.717, 1.165) is 11.1 Å². The molecule has 0 bridgehead atoms. The van der Waals surface area contributed by atoms with Crippen LogP contribution in [0.2, 0.25) is 0 Å². The second-order valence-corrected chi connectivity index (χ2v) is 9.44. The molecule has 178 valence electrons. The highest BCUT2D eigenvalue weighted by molar-refractivity contribution is 5.91. The molecule has 4 aromatic rings. The van der Waals surface area contributed by atoms with Crippen molar-refractivity contribution in [1.82, 2.24) is 0 Å². The Morgan fingerprint density at radius 2 is 1.63 bits per heavy atom. The Kier molecular flexibility index (Phi) is 6.61. The third-order valence-electron chi connectivity index (χ3n) is 5.75. The molecule has 0 atom stereocenters. The number of esters is 1. The molecule has 35 heavy (non-hydrogen) atoms. The van der Waals surface area contributed by atoms with Gasteiger partial charge in [0.15, 0.2) is 5.76 Å². The standard InChI is InChI=1S/C30H28O5/c1-19-6-16-25-24(18-19)27(32)29(28(34-25)21-10-14-23(33-5)15-11-21)35-26(31)17-9-20-7-12-22(13-8-20)30(2,3)4/h6-18H,1-5H3. The van der Waals surface area contributed by atoms with Crippen LogP contribution in [0.5, 0.6) is 11.5 Å². The molecule has 0 unspecified atom stereocenters. The normalized spacial score (nSPS) is 11.7. The predicted molar refractivity (Wildman–Crippen MR) is 139 cm³/mol. The summed E-state index contributed by atoms with van der Waals surface area (Å²) in [6, 6.07) is 20.3. The third-order valence-corrected chi connectivity index (χ3v) is 5.75. The van der Waals surface area contributed by atoms with Crippen LogP contribution in [0.4, 0.5) is 0 Å². The summed E-state index contributed by atoms with van der Waals surface area (Å²) in [6.45, 7) is 8.32. The van der Waals surface area contributed by atoms with Crippen LogP contribution in [0.1, 0.15) is 37.5 Å². The van der Waals surface area contributed by atoms with Gasteiger partial charge in [-0.05, 0) is 65.9 Å². The van der Waals surface area contributed by atoms with Crippen LogP contribution in [-0.2, 0) is 10.2 Å². The van der Waals surface area contributed by atoms with Crippen molar-refractivity contribution in [2.45, 2.75) is 33.1 Å². The topological polar surface area (TPSA) is 65.7 Å². The van der Waals surface area contributed by atoms with Crippen molar-refractivity contribution in [2.24, 2.45) is 0 Å². The number of hydrogen-bond acceptors (Lipinski definition) is 5. The molecule has 1 heterocycles. The van der Waals surface area contributed by atoms with E-state index in [2.05, 4.69) is 20.8 Å². The fraction of sp³-hybridized carbons (Fsp3) is 0.200. The van der Waals surface area contributed by atoms with E-state index < -0.39 is 11.4 Å². The first-order valence-corrected chi connectivity index (χ1v) is 11.4. The van der Waals surface area contributed by atoms with Crippen LogP contribution >= 0.6 is 0 Å². The average Bonchev–Trinajstić information content (AvgIpc) is 2.84. The van der Waals surface area contributed by atoms with Gasteiger partial charge in [0, 0.05) is 11.6 Å². The summed E-state index contributed by atoms with van der Waals surface area (Å²) >= 11 is 0. The average molecular weight is 469 g/mol. The van der Waals surface area contributed by atoms with Crippen molar-refractivity contribution in [3.05, 3.63) is 99.7 Å². The lowest BCUT2D eigenvalue weighted by atomic mass is 9.87. The smallest absolute Gasteiger partial charge is 0.336 e. The van der Waals surface area contributed by atoms with Crippen molar-refractivity contribution < 1.29 is 18.7 Å². The lowest BCUT2D eigenvalue weighted by Crippen LogP contribution is -2.14. The van der Waals surface area contributed by atoms with Gasteiger partial charge in [-0.15, -0.1) is 0 Å². The molecule has 0 spiro atoms. The predicted octanol–water partition coefficient (Wildman–Crippen LogP) is 6.69. The molecule has 1 aromatic heterocycles. The number of hydrogen-bond donors (Lipinski definition) is 0. The molecule has 0 aliphatic heterocycles. The molecule has 0 amide bonds. The summed E-state index contributed by atoms with van der Waals surface area (Å²) in [5, 5.41) is 0.354. The molecule has 0 saturated carbocycles. The number of carbonyl (C=O) groups excluding carboxylic acids is 1. The Morgan fingerprint density at radius 1 is 0.943 bits per heavy atom. The van der Waals surface area contributed by atoms with E-state index in [1.165, 1.54) is 11.6 Å². The zero-order chi connectivity index (χ0) is 25.2. The van der Waals surface area contributed by atoms with Crippen LogP contribution in [0.25, 0.3) is 28.4 Å². The zero-order valence-corrected chi connectivity index (χ0v) is 20.5. The van der Waals surface area contributed by atoms with E-state index >= 15 is 0 Å². The molecule has 5 nitrogen and oxygen atoms in total. The molecule has 4 rings (SSSR count). The fourth-order valence-electron chi connectivity index (χ4n) is 3.71. The minimum atomic E-state index is -0.668. The highest BCUT2D eigenvalue weighted by Gasteiger charge is 2.20. The number of aryl methyl sites for hydroxylation is 1. The highest BCUT2D eigenvalue weighted by atomic mass is 16.5. The zero-order valence-electron chi connectivity index (χ0n) is 20.5. The summed E-state index contributed by atoms with van der Waals surface area (Å²) in [5.41, 5.74) is 3.60. The van der Waals surface area contributed by atoms with Gasteiger partial charge in [0.2, 0.25) is 11.2 Å². The molecular formula is C30H28O5. The van der Waals surface area contributed by atoms with Crippen LogP contribution in [0.15, 0.2) is 82.0 Å². The lowest BCUT2D eigenvalue weighted by molar-refractivity contribution is -0.129. The van der Waals surface area contributed by atoms with Crippen LogP contribution in [0, 0.1) is 6.92 Å². The van der Waals surface area contributed by atoms with Gasteiger partial charge in [-0.3, -0.25) is 4.79 Å². The summed E-state index contributed by atoms with van der Waals surface area (Å²) in [4.78, 5) is 26.1. The first-order valence-electron chi connectivity index (χ1n) is 11.4. The van der Waals surface area contributed by atoms with Gasteiger partial charge in [-0.25, -0.2) is 4.79 Å². The number of methoxy groups -OCH3 is 1. The van der Waals surface area contributed by atoms with Crippen molar-refractivity contribution in [1.29, 1.82) is 0 Å². The monoisotopic (exact) mass is 468 g/mol. The van der Waals surface area contributed by atoms with Gasteiger partial charge in [0.25, 0.3) is 0 Å². The van der Waals surface area contributed by atoms with Gasteiger partial charge in [-0.1, -0.05) is 56.7 Å². The second-order valence-electron chi connectivity index (χ2n) is 9.44. The maximum atomic E-state index is 13.4. The number of rotatable bonds is 5. The van der Waals surface area contributed by atoms with Gasteiger partial charge < -0.3 is 13.9 Å². The molecule has 5 heteroatoms. The number of benzene rings is 3. The Hall–Kier alpha value is -4.12. The quantitative estimate of drug-likeness (QED) is 0.241. The van der Waals surface area contributed by atoms with E-state index in [1.54, 1.807) is 49.6 Å². The van der Waals surface area contributed by atoms with Crippen molar-refractivity contribution in [3.8, 4) is 22.8 Å². The fourth-order valence-corrected chi connectivity index (χ4v) is 3.71. The van der Waals surface area contributed by atoms with Gasteiger partial charge >= 0.3 is 5.97 Å². The van der Waals surface area contributed by atoms with E-state index in [1.807, 2.05) is 37.3 Å². The van der Waals surface area contributed by atoms with E-state index in [9.17, 15) is 9.59 Å². The van der Waals surface area contributed by atoms with Crippen molar-refractivity contribution >= 4 is 23.0 Å². The summed E-state index contributed by atoms with van der Waals surface area (Å²) in [6.07, 6.45) is 2.97. The molecule has 0 N–H and O–H groups in total. The van der Waals surface area contributed by atoms with E-state index in [4.69, 9.17) is 13.9 Å². The first-order chi connectivity index (χ1) is 16.7. The largest absolute Gasteiger partial charge is 0.497 e. The van der Waals surface area contributed by atoms with Crippen molar-refractivity contribution in [2.75, 3.05) is 7.11 Å². The molecule has 0 aliphatic rings. The van der Waals surface area contributed by atoms with Gasteiger partial charge in [0.1, 0.15) is 11.3 Å². The first kappa shape index (κ1) is 24.0. The maximum Gasteiger partial charge on any atom is 0.336 e.